The average Bonchev–Trinajstić information content (AvgIpc) is 2.53. The second-order valence-corrected chi connectivity index (χ2v) is 4.94. The molecule has 3 N–H and O–H groups in total. The third-order valence-electron chi connectivity index (χ3n) is 2.87. The molecule has 2 aromatic rings. The molecule has 0 radical (unpaired) electrons. The van der Waals surface area contributed by atoms with Gasteiger partial charge in [-0.15, -0.1) is 0 Å². The highest BCUT2D eigenvalue weighted by molar-refractivity contribution is 6.34. The highest BCUT2D eigenvalue weighted by Gasteiger charge is 2.09. The maximum absolute atomic E-state index is 11.8. The molecule has 0 aliphatic heterocycles. The van der Waals surface area contributed by atoms with Gasteiger partial charge in [-0.05, 0) is 42.5 Å². The van der Waals surface area contributed by atoms with E-state index in [0.29, 0.717) is 17.0 Å². The lowest BCUT2D eigenvalue weighted by Gasteiger charge is -2.09. The minimum absolute atomic E-state index is 0.156. The van der Waals surface area contributed by atoms with Gasteiger partial charge in [0.2, 0.25) is 5.91 Å². The fraction of sp³-hybridized carbons (Fsp3) is 0.0625. The fourth-order valence-corrected chi connectivity index (χ4v) is 2.04. The summed E-state index contributed by atoms with van der Waals surface area (Å²) in [6.07, 6.45) is 0. The largest absolute Gasteiger partial charge is 0.484 e. The van der Waals surface area contributed by atoms with Gasteiger partial charge >= 0.3 is 0 Å². The van der Waals surface area contributed by atoms with E-state index in [1.807, 2.05) is 6.07 Å². The van der Waals surface area contributed by atoms with Crippen molar-refractivity contribution in [2.45, 2.75) is 0 Å². The molecule has 0 spiro atoms. The van der Waals surface area contributed by atoms with Crippen LogP contribution in [-0.4, -0.2) is 18.4 Å². The predicted molar refractivity (Wildman–Crippen MR) is 85.3 cm³/mol. The third-order valence-corrected chi connectivity index (χ3v) is 3.18. The number of hydrogen-bond acceptors (Lipinski definition) is 4. The number of benzene rings is 2. The van der Waals surface area contributed by atoms with E-state index in [4.69, 9.17) is 27.3 Å². The van der Waals surface area contributed by atoms with E-state index in [0.717, 1.165) is 0 Å². The van der Waals surface area contributed by atoms with Crippen molar-refractivity contribution >= 4 is 29.1 Å². The zero-order valence-electron chi connectivity index (χ0n) is 11.9. The van der Waals surface area contributed by atoms with Crippen molar-refractivity contribution in [2.24, 2.45) is 5.73 Å². The molecule has 116 valence electrons. The van der Waals surface area contributed by atoms with E-state index in [2.05, 4.69) is 5.32 Å². The summed E-state index contributed by atoms with van der Waals surface area (Å²) in [4.78, 5) is 22.9. The van der Waals surface area contributed by atoms with Crippen LogP contribution < -0.4 is 15.8 Å². The molecule has 0 saturated heterocycles. The molecule has 2 rings (SSSR count). The number of carbonyl (C=O) groups excluding carboxylic acids is 2. The van der Waals surface area contributed by atoms with Crippen LogP contribution in [0, 0.1) is 11.3 Å². The van der Waals surface area contributed by atoms with E-state index >= 15 is 0 Å². The SMILES string of the molecule is N#Cc1ccc(OCC(=O)Nc2ccc(C(N)=O)c(Cl)c2)cc1. The summed E-state index contributed by atoms with van der Waals surface area (Å²) in [5, 5.41) is 11.4. The van der Waals surface area contributed by atoms with Gasteiger partial charge in [0, 0.05) is 5.69 Å². The molecular formula is C16H12ClN3O3. The predicted octanol–water partition coefficient (Wildman–Crippen LogP) is 2.33. The van der Waals surface area contributed by atoms with Gasteiger partial charge in [-0.1, -0.05) is 11.6 Å². The minimum atomic E-state index is -0.642. The monoisotopic (exact) mass is 329 g/mol. The fourth-order valence-electron chi connectivity index (χ4n) is 1.76. The summed E-state index contributed by atoms with van der Waals surface area (Å²) in [7, 11) is 0. The van der Waals surface area contributed by atoms with Gasteiger partial charge < -0.3 is 15.8 Å². The van der Waals surface area contributed by atoms with Gasteiger partial charge in [0.25, 0.3) is 5.91 Å². The number of rotatable bonds is 5. The number of primary amides is 1. The standard InChI is InChI=1S/C16H12ClN3O3/c17-14-7-11(3-6-13(14)16(19)22)20-15(21)9-23-12-4-1-10(8-18)2-5-12/h1-7H,9H2,(H2,19,22)(H,20,21). The van der Waals surface area contributed by atoms with Crippen LogP contribution >= 0.6 is 11.6 Å². The van der Waals surface area contributed by atoms with Gasteiger partial charge in [-0.25, -0.2) is 0 Å². The Labute approximate surface area is 137 Å². The second kappa shape index (κ2) is 7.29. The number of halogens is 1. The van der Waals surface area contributed by atoms with Crippen molar-refractivity contribution in [3.63, 3.8) is 0 Å². The highest BCUT2D eigenvalue weighted by atomic mass is 35.5. The minimum Gasteiger partial charge on any atom is -0.484 e. The van der Waals surface area contributed by atoms with Crippen LogP contribution in [0.15, 0.2) is 42.5 Å². The maximum atomic E-state index is 11.8. The van der Waals surface area contributed by atoms with Gasteiger partial charge in [0.05, 0.1) is 22.2 Å². The lowest BCUT2D eigenvalue weighted by molar-refractivity contribution is -0.118. The van der Waals surface area contributed by atoms with Crippen molar-refractivity contribution in [3.8, 4) is 11.8 Å². The van der Waals surface area contributed by atoms with Crippen LogP contribution in [0.4, 0.5) is 5.69 Å². The molecule has 6 nitrogen and oxygen atoms in total. The van der Waals surface area contributed by atoms with Gasteiger partial charge in [0.15, 0.2) is 6.61 Å². The average molecular weight is 330 g/mol. The Bertz CT molecular complexity index is 782. The van der Waals surface area contributed by atoms with Crippen LogP contribution in [-0.2, 0) is 4.79 Å². The number of hydrogen-bond donors (Lipinski definition) is 2. The Balaban J connectivity index is 1.93. The molecule has 0 saturated carbocycles. The third kappa shape index (κ3) is 4.46. The summed E-state index contributed by atoms with van der Waals surface area (Å²) in [5.74, 6) is -0.560. The summed E-state index contributed by atoms with van der Waals surface area (Å²) in [5.41, 5.74) is 6.26. The molecule has 23 heavy (non-hydrogen) atoms. The summed E-state index contributed by atoms with van der Waals surface area (Å²) < 4.78 is 5.30. The Kier molecular flexibility index (Phi) is 5.18. The first-order valence-corrected chi connectivity index (χ1v) is 6.89. The topological polar surface area (TPSA) is 105 Å². The Morgan fingerprint density at radius 2 is 1.91 bits per heavy atom. The Morgan fingerprint density at radius 3 is 2.48 bits per heavy atom. The lowest BCUT2D eigenvalue weighted by Crippen LogP contribution is -2.20. The molecule has 0 bridgehead atoms. The summed E-state index contributed by atoms with van der Waals surface area (Å²) >= 11 is 5.90. The number of carbonyl (C=O) groups is 2. The van der Waals surface area contributed by atoms with Crippen LogP contribution in [0.1, 0.15) is 15.9 Å². The summed E-state index contributed by atoms with van der Waals surface area (Å²) in [6.45, 7) is -0.207. The van der Waals surface area contributed by atoms with E-state index in [1.54, 1.807) is 24.3 Å². The van der Waals surface area contributed by atoms with Crippen molar-refractivity contribution in [1.82, 2.24) is 0 Å². The lowest BCUT2D eigenvalue weighted by atomic mass is 10.2. The number of amides is 2. The van der Waals surface area contributed by atoms with E-state index in [9.17, 15) is 9.59 Å². The number of nitrogens with zero attached hydrogens (tertiary/aromatic N) is 1. The highest BCUT2D eigenvalue weighted by Crippen LogP contribution is 2.20. The van der Waals surface area contributed by atoms with Gasteiger partial charge in [0.1, 0.15) is 5.75 Å². The molecule has 0 atom stereocenters. The van der Waals surface area contributed by atoms with E-state index in [-0.39, 0.29) is 17.2 Å². The van der Waals surface area contributed by atoms with E-state index in [1.165, 1.54) is 18.2 Å². The zero-order valence-corrected chi connectivity index (χ0v) is 12.6. The number of anilines is 1. The number of nitrogens with two attached hydrogens (primary N) is 1. The first-order chi connectivity index (χ1) is 11.0. The van der Waals surface area contributed by atoms with Gasteiger partial charge in [-0.3, -0.25) is 9.59 Å². The van der Waals surface area contributed by atoms with Crippen molar-refractivity contribution in [1.29, 1.82) is 5.26 Å². The number of ether oxygens (including phenoxy) is 1. The molecule has 0 heterocycles. The van der Waals surface area contributed by atoms with Crippen molar-refractivity contribution < 1.29 is 14.3 Å². The van der Waals surface area contributed by atoms with Crippen LogP contribution in [0.2, 0.25) is 5.02 Å². The first-order valence-electron chi connectivity index (χ1n) is 6.52. The number of nitriles is 1. The molecule has 2 aromatic carbocycles. The molecule has 0 aliphatic carbocycles. The molecular weight excluding hydrogens is 318 g/mol. The van der Waals surface area contributed by atoms with Crippen LogP contribution in [0.5, 0.6) is 5.75 Å². The second-order valence-electron chi connectivity index (χ2n) is 4.53. The van der Waals surface area contributed by atoms with Gasteiger partial charge in [-0.2, -0.15) is 5.26 Å². The zero-order chi connectivity index (χ0) is 16.8. The maximum Gasteiger partial charge on any atom is 0.262 e. The van der Waals surface area contributed by atoms with Crippen LogP contribution in [0.25, 0.3) is 0 Å². The molecule has 0 unspecified atom stereocenters. The first kappa shape index (κ1) is 16.3. The molecule has 0 aliphatic rings. The Morgan fingerprint density at radius 1 is 1.22 bits per heavy atom. The van der Waals surface area contributed by atoms with Crippen molar-refractivity contribution in [3.05, 3.63) is 58.6 Å². The summed E-state index contributed by atoms with van der Waals surface area (Å²) in [6, 6.07) is 12.8. The molecule has 2 amide bonds. The Hall–Kier alpha value is -3.04. The smallest absolute Gasteiger partial charge is 0.262 e. The van der Waals surface area contributed by atoms with E-state index < -0.39 is 11.8 Å². The molecule has 0 fully saturated rings. The molecule has 7 heteroatoms. The molecule has 0 aromatic heterocycles. The normalized spacial score (nSPS) is 9.74. The quantitative estimate of drug-likeness (QED) is 0.878. The number of nitrogens with one attached hydrogen (secondary N) is 1. The van der Waals surface area contributed by atoms with Crippen LogP contribution in [0.3, 0.4) is 0 Å². The van der Waals surface area contributed by atoms with Crippen molar-refractivity contribution in [2.75, 3.05) is 11.9 Å².